The highest BCUT2D eigenvalue weighted by molar-refractivity contribution is 7.88. The summed E-state index contributed by atoms with van der Waals surface area (Å²) in [5.74, 6) is -0.999. The summed E-state index contributed by atoms with van der Waals surface area (Å²) >= 11 is 5.72. The molecule has 0 saturated carbocycles. The highest BCUT2D eigenvalue weighted by Gasteiger charge is 2.31. The molecule has 1 heterocycles. The summed E-state index contributed by atoms with van der Waals surface area (Å²) in [7, 11) is -3.42. The van der Waals surface area contributed by atoms with Crippen molar-refractivity contribution in [3.63, 3.8) is 0 Å². The van der Waals surface area contributed by atoms with Crippen molar-refractivity contribution in [2.24, 2.45) is 0 Å². The Morgan fingerprint density at radius 2 is 1.79 bits per heavy atom. The fourth-order valence-electron chi connectivity index (χ4n) is 3.24. The Morgan fingerprint density at radius 1 is 1.14 bits per heavy atom. The first-order valence-corrected chi connectivity index (χ1v) is 11.3. The Hall–Kier alpha value is -2.00. The first-order chi connectivity index (χ1) is 13.8. The molecule has 0 radical (unpaired) electrons. The molecule has 0 aliphatic carbocycles. The maximum absolute atomic E-state index is 13.9. The van der Waals surface area contributed by atoms with Gasteiger partial charge in [0.1, 0.15) is 5.82 Å². The molecular weight excluding hydrogens is 417 g/mol. The van der Waals surface area contributed by atoms with E-state index in [4.69, 9.17) is 11.6 Å². The van der Waals surface area contributed by atoms with Crippen LogP contribution in [0.25, 0.3) is 0 Å². The fraction of sp³-hybridized carbons (Fsp3) is 0.350. The molecule has 2 aromatic carbocycles. The Bertz CT molecular complexity index is 964. The van der Waals surface area contributed by atoms with Crippen molar-refractivity contribution in [1.29, 1.82) is 0 Å². The predicted molar refractivity (Wildman–Crippen MR) is 112 cm³/mol. The van der Waals surface area contributed by atoms with Crippen LogP contribution in [0.3, 0.4) is 0 Å². The molecule has 1 saturated heterocycles. The molecule has 2 aromatic rings. The summed E-state index contributed by atoms with van der Waals surface area (Å²) in [5.41, 5.74) is 0.808. The average molecular weight is 440 g/mol. The van der Waals surface area contributed by atoms with Gasteiger partial charge in [0, 0.05) is 31.2 Å². The molecule has 9 heteroatoms. The average Bonchev–Trinajstić information content (AvgIpc) is 2.70. The van der Waals surface area contributed by atoms with Crippen molar-refractivity contribution in [2.45, 2.75) is 18.7 Å². The van der Waals surface area contributed by atoms with E-state index in [1.54, 1.807) is 19.1 Å². The van der Waals surface area contributed by atoms with Crippen LogP contribution in [-0.4, -0.2) is 55.8 Å². The molecule has 1 aliphatic rings. The summed E-state index contributed by atoms with van der Waals surface area (Å²) < 4.78 is 40.6. The second kappa shape index (κ2) is 9.21. The molecule has 0 aromatic heterocycles. The van der Waals surface area contributed by atoms with E-state index in [0.29, 0.717) is 26.2 Å². The molecule has 156 valence electrons. The zero-order valence-electron chi connectivity index (χ0n) is 16.0. The first-order valence-electron chi connectivity index (χ1n) is 9.28. The topological polar surface area (TPSA) is 69.7 Å². The van der Waals surface area contributed by atoms with Crippen LogP contribution >= 0.6 is 11.6 Å². The number of anilines is 1. The molecule has 1 N–H and O–H groups in total. The number of piperazine rings is 1. The molecule has 3 rings (SSSR count). The highest BCUT2D eigenvalue weighted by atomic mass is 35.5. The zero-order valence-corrected chi connectivity index (χ0v) is 17.6. The number of carbonyl (C=O) groups is 1. The van der Waals surface area contributed by atoms with Gasteiger partial charge in [0.15, 0.2) is 0 Å². The Kier molecular flexibility index (Phi) is 6.89. The third-order valence-electron chi connectivity index (χ3n) is 4.97. The molecule has 6 nitrogen and oxygen atoms in total. The zero-order chi connectivity index (χ0) is 21.0. The van der Waals surface area contributed by atoms with Gasteiger partial charge < -0.3 is 5.32 Å². The number of hydrogen-bond acceptors (Lipinski definition) is 4. The third-order valence-corrected chi connectivity index (χ3v) is 7.06. The molecule has 0 bridgehead atoms. The number of amides is 1. The normalized spacial score (nSPS) is 17.1. The maximum atomic E-state index is 13.9. The van der Waals surface area contributed by atoms with Gasteiger partial charge in [0.05, 0.1) is 17.5 Å². The number of nitrogens with one attached hydrogen (secondary N) is 1. The summed E-state index contributed by atoms with van der Waals surface area (Å²) in [6, 6.07) is 12.6. The third kappa shape index (κ3) is 5.54. The standard InChI is InChI=1S/C20H23ClFN3O3S/c1-15(20(26)23-19-8-7-17(21)13-18(19)22)24-9-11-25(12-10-24)29(27,28)14-16-5-3-2-4-6-16/h2-8,13,15H,9-12,14H2,1H3,(H,23,26)/t15-/m1/s1. The first kappa shape index (κ1) is 21.7. The van der Waals surface area contributed by atoms with Crippen molar-refractivity contribution in [1.82, 2.24) is 9.21 Å². The number of sulfonamides is 1. The van der Waals surface area contributed by atoms with Crippen LogP contribution in [0.1, 0.15) is 12.5 Å². The lowest BCUT2D eigenvalue weighted by molar-refractivity contribution is -0.121. The van der Waals surface area contributed by atoms with Gasteiger partial charge in [0.2, 0.25) is 15.9 Å². The van der Waals surface area contributed by atoms with Gasteiger partial charge in [-0.25, -0.2) is 12.8 Å². The van der Waals surface area contributed by atoms with Gasteiger partial charge in [-0.1, -0.05) is 41.9 Å². The number of rotatable bonds is 6. The van der Waals surface area contributed by atoms with E-state index >= 15 is 0 Å². The van der Waals surface area contributed by atoms with E-state index in [0.717, 1.165) is 11.6 Å². The van der Waals surface area contributed by atoms with Gasteiger partial charge in [-0.2, -0.15) is 4.31 Å². The summed E-state index contributed by atoms with van der Waals surface area (Å²) in [6.07, 6.45) is 0. The second-order valence-corrected chi connectivity index (χ2v) is 9.37. The minimum atomic E-state index is -3.42. The van der Waals surface area contributed by atoms with Crippen LogP contribution in [0.15, 0.2) is 48.5 Å². The quantitative estimate of drug-likeness (QED) is 0.751. The van der Waals surface area contributed by atoms with E-state index in [1.807, 2.05) is 23.1 Å². The van der Waals surface area contributed by atoms with Crippen molar-refractivity contribution < 1.29 is 17.6 Å². The Morgan fingerprint density at radius 3 is 2.41 bits per heavy atom. The van der Waals surface area contributed by atoms with Crippen LogP contribution in [-0.2, 0) is 20.6 Å². The number of halogens is 2. The van der Waals surface area contributed by atoms with Crippen molar-refractivity contribution in [2.75, 3.05) is 31.5 Å². The minimum absolute atomic E-state index is 0.0419. The van der Waals surface area contributed by atoms with E-state index in [9.17, 15) is 17.6 Å². The molecule has 1 fully saturated rings. The fourth-order valence-corrected chi connectivity index (χ4v) is 4.91. The van der Waals surface area contributed by atoms with Gasteiger partial charge in [-0.3, -0.25) is 9.69 Å². The lowest BCUT2D eigenvalue weighted by Crippen LogP contribution is -2.54. The van der Waals surface area contributed by atoms with Crippen molar-refractivity contribution in [3.8, 4) is 0 Å². The lowest BCUT2D eigenvalue weighted by atomic mass is 10.2. The second-order valence-electron chi connectivity index (χ2n) is 6.97. The van der Waals surface area contributed by atoms with Crippen LogP contribution < -0.4 is 5.32 Å². The van der Waals surface area contributed by atoms with Crippen molar-refractivity contribution >= 4 is 33.2 Å². The SMILES string of the molecule is C[C@H](C(=O)Nc1ccc(Cl)cc1F)N1CCN(S(=O)(=O)Cc2ccccc2)CC1. The van der Waals surface area contributed by atoms with Crippen LogP contribution in [0.2, 0.25) is 5.02 Å². The van der Waals surface area contributed by atoms with Gasteiger partial charge in [-0.05, 0) is 30.7 Å². The molecular formula is C20H23ClFN3O3S. The molecule has 29 heavy (non-hydrogen) atoms. The number of hydrogen-bond donors (Lipinski definition) is 1. The summed E-state index contributed by atoms with van der Waals surface area (Å²) in [6.45, 7) is 3.18. The summed E-state index contributed by atoms with van der Waals surface area (Å²) in [5, 5.41) is 2.81. The Labute approximate surface area is 175 Å². The van der Waals surface area contributed by atoms with Gasteiger partial charge >= 0.3 is 0 Å². The molecule has 1 atom stereocenters. The van der Waals surface area contributed by atoms with Crippen LogP contribution in [0.4, 0.5) is 10.1 Å². The number of benzene rings is 2. The van der Waals surface area contributed by atoms with Crippen LogP contribution in [0.5, 0.6) is 0 Å². The van der Waals surface area contributed by atoms with E-state index in [1.165, 1.54) is 16.4 Å². The molecule has 1 amide bonds. The van der Waals surface area contributed by atoms with E-state index < -0.39 is 21.9 Å². The Balaban J connectivity index is 1.56. The number of nitrogens with zero attached hydrogens (tertiary/aromatic N) is 2. The maximum Gasteiger partial charge on any atom is 0.241 e. The monoisotopic (exact) mass is 439 g/mol. The largest absolute Gasteiger partial charge is 0.322 e. The van der Waals surface area contributed by atoms with E-state index in [2.05, 4.69) is 5.32 Å². The summed E-state index contributed by atoms with van der Waals surface area (Å²) in [4.78, 5) is 14.4. The van der Waals surface area contributed by atoms with Crippen LogP contribution in [0, 0.1) is 5.82 Å². The molecule has 0 unspecified atom stereocenters. The molecule has 0 spiro atoms. The highest BCUT2D eigenvalue weighted by Crippen LogP contribution is 2.20. The smallest absolute Gasteiger partial charge is 0.241 e. The molecule has 1 aliphatic heterocycles. The van der Waals surface area contributed by atoms with E-state index in [-0.39, 0.29) is 22.4 Å². The van der Waals surface area contributed by atoms with Crippen molar-refractivity contribution in [3.05, 3.63) is 64.9 Å². The lowest BCUT2D eigenvalue weighted by Gasteiger charge is -2.36. The van der Waals surface area contributed by atoms with Gasteiger partial charge in [-0.15, -0.1) is 0 Å². The van der Waals surface area contributed by atoms with Gasteiger partial charge in [0.25, 0.3) is 0 Å². The minimum Gasteiger partial charge on any atom is -0.322 e. The number of carbonyl (C=O) groups excluding carboxylic acids is 1. The predicted octanol–water partition coefficient (Wildman–Crippen LogP) is 2.95.